The molecule has 5 nitrogen and oxygen atoms in total. The molecule has 1 atom stereocenters. The number of allylic oxidation sites excluding steroid dienone is 5. The van der Waals surface area contributed by atoms with Crippen molar-refractivity contribution in [1.82, 2.24) is 9.21 Å². The Morgan fingerprint density at radius 3 is 2.34 bits per heavy atom. The molecule has 0 N–H and O–H groups in total. The lowest BCUT2D eigenvalue weighted by molar-refractivity contribution is -0.137. The predicted molar refractivity (Wildman–Crippen MR) is 115 cm³/mol. The molecule has 0 aromatic heterocycles. The zero-order valence-corrected chi connectivity index (χ0v) is 18.3. The van der Waals surface area contributed by atoms with Crippen LogP contribution >= 0.6 is 0 Å². The molecule has 1 aliphatic heterocycles. The van der Waals surface area contributed by atoms with Crippen molar-refractivity contribution < 1.29 is 26.4 Å². The average Bonchev–Trinajstić information content (AvgIpc) is 2.78. The second kappa shape index (κ2) is 8.86. The SMILES string of the molecule is O=C(Cc1ccc(C(F)(F)F)cc1)N1CCN(S(=O)(=O)C2CC=CC3=C2C=CCC3)CC1. The minimum Gasteiger partial charge on any atom is -0.340 e. The number of nitrogens with zero attached hydrogens (tertiary/aromatic N) is 2. The van der Waals surface area contributed by atoms with Crippen LogP contribution < -0.4 is 0 Å². The highest BCUT2D eigenvalue weighted by atomic mass is 32.2. The summed E-state index contributed by atoms with van der Waals surface area (Å²) in [5, 5.41) is -0.589. The molecule has 4 rings (SSSR count). The van der Waals surface area contributed by atoms with Gasteiger partial charge in [-0.3, -0.25) is 4.79 Å². The summed E-state index contributed by atoms with van der Waals surface area (Å²) >= 11 is 0. The van der Waals surface area contributed by atoms with Gasteiger partial charge in [0.25, 0.3) is 0 Å². The van der Waals surface area contributed by atoms with Gasteiger partial charge in [0.2, 0.25) is 15.9 Å². The monoisotopic (exact) mass is 466 g/mol. The van der Waals surface area contributed by atoms with Gasteiger partial charge in [0.05, 0.1) is 12.0 Å². The summed E-state index contributed by atoms with van der Waals surface area (Å²) in [6.07, 6.45) is 5.65. The van der Waals surface area contributed by atoms with Gasteiger partial charge in [0, 0.05) is 26.2 Å². The van der Waals surface area contributed by atoms with E-state index in [4.69, 9.17) is 0 Å². The van der Waals surface area contributed by atoms with Crippen LogP contribution in [0.5, 0.6) is 0 Å². The summed E-state index contributed by atoms with van der Waals surface area (Å²) in [6, 6.07) is 4.55. The Bertz CT molecular complexity index is 1060. The van der Waals surface area contributed by atoms with Gasteiger partial charge >= 0.3 is 6.18 Å². The van der Waals surface area contributed by atoms with Crippen molar-refractivity contribution in [2.75, 3.05) is 26.2 Å². The molecule has 9 heteroatoms. The minimum absolute atomic E-state index is 0.0145. The second-order valence-corrected chi connectivity index (χ2v) is 10.4. The molecule has 1 aromatic carbocycles. The van der Waals surface area contributed by atoms with E-state index in [1.165, 1.54) is 16.4 Å². The second-order valence-electron chi connectivity index (χ2n) is 8.24. The third kappa shape index (κ3) is 4.68. The Balaban J connectivity index is 1.36. The lowest BCUT2D eigenvalue weighted by Gasteiger charge is -2.37. The topological polar surface area (TPSA) is 57.7 Å². The zero-order valence-electron chi connectivity index (χ0n) is 17.5. The third-order valence-corrected chi connectivity index (χ3v) is 8.46. The molecule has 1 heterocycles. The molecule has 3 aliphatic rings. The van der Waals surface area contributed by atoms with Crippen LogP contribution in [0.2, 0.25) is 0 Å². The number of amides is 1. The molecule has 32 heavy (non-hydrogen) atoms. The maximum Gasteiger partial charge on any atom is 0.416 e. The van der Waals surface area contributed by atoms with Crippen LogP contribution in [0.1, 0.15) is 30.4 Å². The number of carbonyl (C=O) groups excluding carboxylic acids is 1. The number of hydrogen-bond donors (Lipinski definition) is 0. The summed E-state index contributed by atoms with van der Waals surface area (Å²) in [6.45, 7) is 0.966. The Morgan fingerprint density at radius 1 is 1.00 bits per heavy atom. The zero-order chi connectivity index (χ0) is 22.9. The summed E-state index contributed by atoms with van der Waals surface area (Å²) in [5.41, 5.74) is 1.70. The highest BCUT2D eigenvalue weighted by Crippen LogP contribution is 2.33. The van der Waals surface area contributed by atoms with Gasteiger partial charge in [0.15, 0.2) is 0 Å². The minimum atomic E-state index is -4.41. The number of benzene rings is 1. The molecular formula is C23H25F3N2O3S. The maximum absolute atomic E-state index is 13.3. The summed E-state index contributed by atoms with van der Waals surface area (Å²) in [7, 11) is -3.55. The Morgan fingerprint density at radius 2 is 1.69 bits per heavy atom. The highest BCUT2D eigenvalue weighted by molar-refractivity contribution is 7.90. The van der Waals surface area contributed by atoms with Crippen molar-refractivity contribution >= 4 is 15.9 Å². The number of hydrogen-bond acceptors (Lipinski definition) is 3. The van der Waals surface area contributed by atoms with Crippen molar-refractivity contribution in [2.45, 2.75) is 37.1 Å². The molecule has 2 aliphatic carbocycles. The number of carbonyl (C=O) groups is 1. The van der Waals surface area contributed by atoms with Gasteiger partial charge in [-0.1, -0.05) is 36.4 Å². The van der Waals surface area contributed by atoms with Crippen molar-refractivity contribution in [2.24, 2.45) is 0 Å². The van der Waals surface area contributed by atoms with Gasteiger partial charge < -0.3 is 4.90 Å². The number of piperazine rings is 1. The molecule has 1 saturated heterocycles. The van der Waals surface area contributed by atoms with Gasteiger partial charge in [-0.05, 0) is 48.1 Å². The fourth-order valence-corrected chi connectivity index (χ4v) is 6.34. The van der Waals surface area contributed by atoms with Crippen molar-refractivity contribution in [1.29, 1.82) is 0 Å². The van der Waals surface area contributed by atoms with Crippen LogP contribution in [0.15, 0.2) is 59.7 Å². The largest absolute Gasteiger partial charge is 0.416 e. The molecule has 0 spiro atoms. The smallest absolute Gasteiger partial charge is 0.340 e. The quantitative estimate of drug-likeness (QED) is 0.680. The van der Waals surface area contributed by atoms with E-state index in [0.29, 0.717) is 12.0 Å². The molecule has 0 bridgehead atoms. The molecular weight excluding hydrogens is 441 g/mol. The van der Waals surface area contributed by atoms with Crippen molar-refractivity contribution in [3.8, 4) is 0 Å². The van der Waals surface area contributed by atoms with E-state index < -0.39 is 27.0 Å². The van der Waals surface area contributed by atoms with E-state index in [-0.39, 0.29) is 38.5 Å². The molecule has 0 saturated carbocycles. The first kappa shape index (κ1) is 22.8. The first-order valence-electron chi connectivity index (χ1n) is 10.7. The lowest BCUT2D eigenvalue weighted by atomic mass is 9.90. The van der Waals surface area contributed by atoms with Crippen molar-refractivity contribution in [3.63, 3.8) is 0 Å². The maximum atomic E-state index is 13.3. The van der Waals surface area contributed by atoms with E-state index in [0.717, 1.165) is 36.1 Å². The number of alkyl halides is 3. The standard InChI is InChI=1S/C23H25F3N2O3S/c24-23(25,26)19-10-8-17(9-11-19)16-22(29)27-12-14-28(15-13-27)32(30,31)21-7-3-5-18-4-1-2-6-20(18)21/h2-3,5-6,8-11,21H,1,4,7,12-16H2. The highest BCUT2D eigenvalue weighted by Gasteiger charge is 2.38. The van der Waals surface area contributed by atoms with Gasteiger partial charge in [-0.25, -0.2) is 8.42 Å². The molecule has 1 fully saturated rings. The average molecular weight is 467 g/mol. The lowest BCUT2D eigenvalue weighted by Crippen LogP contribution is -2.53. The fourth-order valence-electron chi connectivity index (χ4n) is 4.41. The summed E-state index contributed by atoms with van der Waals surface area (Å²) < 4.78 is 66.2. The molecule has 1 amide bonds. The predicted octanol–water partition coefficient (Wildman–Crippen LogP) is 3.70. The van der Waals surface area contributed by atoms with Gasteiger partial charge in [0.1, 0.15) is 5.25 Å². The molecule has 0 radical (unpaired) electrons. The normalized spacial score (nSPS) is 22.2. The Hall–Kier alpha value is -2.39. The van der Waals surface area contributed by atoms with Crippen LogP contribution in [0.4, 0.5) is 13.2 Å². The first-order valence-corrected chi connectivity index (χ1v) is 12.2. The van der Waals surface area contributed by atoms with Crippen molar-refractivity contribution in [3.05, 3.63) is 70.8 Å². The fraction of sp³-hybridized carbons (Fsp3) is 0.435. The Labute approximate surface area is 185 Å². The van der Waals surface area contributed by atoms with Crippen LogP contribution in [-0.4, -0.2) is 55.0 Å². The Kier molecular flexibility index (Phi) is 6.31. The van der Waals surface area contributed by atoms with Gasteiger partial charge in [-0.15, -0.1) is 0 Å². The molecule has 172 valence electrons. The van der Waals surface area contributed by atoms with Crippen LogP contribution in [0, 0.1) is 0 Å². The van der Waals surface area contributed by atoms with E-state index in [9.17, 15) is 26.4 Å². The van der Waals surface area contributed by atoms with Crippen LogP contribution in [-0.2, 0) is 27.4 Å². The third-order valence-electron chi connectivity index (χ3n) is 6.21. The first-order chi connectivity index (χ1) is 15.2. The van der Waals surface area contributed by atoms with E-state index in [1.54, 1.807) is 4.90 Å². The molecule has 1 unspecified atom stereocenters. The van der Waals surface area contributed by atoms with Crippen LogP contribution in [0.25, 0.3) is 0 Å². The summed E-state index contributed by atoms with van der Waals surface area (Å²) in [5.74, 6) is -0.220. The number of rotatable bonds is 4. The van der Waals surface area contributed by atoms with Gasteiger partial charge in [-0.2, -0.15) is 17.5 Å². The summed E-state index contributed by atoms with van der Waals surface area (Å²) in [4.78, 5) is 14.2. The number of halogens is 3. The number of sulfonamides is 1. The van der Waals surface area contributed by atoms with E-state index in [1.807, 2.05) is 24.3 Å². The van der Waals surface area contributed by atoms with E-state index >= 15 is 0 Å². The van der Waals surface area contributed by atoms with Crippen LogP contribution in [0.3, 0.4) is 0 Å². The molecule has 1 aromatic rings. The van der Waals surface area contributed by atoms with E-state index in [2.05, 4.69) is 0 Å².